The molecular formula is C17H14Cl2N4O2. The molecule has 8 heteroatoms. The van der Waals surface area contributed by atoms with Gasteiger partial charge in [0.15, 0.2) is 11.6 Å². The van der Waals surface area contributed by atoms with Crippen LogP contribution in [-0.4, -0.2) is 27.2 Å². The van der Waals surface area contributed by atoms with Crippen LogP contribution >= 0.6 is 23.4 Å². The molecule has 1 heterocycles. The van der Waals surface area contributed by atoms with Crippen molar-refractivity contribution in [1.82, 2.24) is 19.8 Å². The van der Waals surface area contributed by atoms with Crippen molar-refractivity contribution in [2.24, 2.45) is 0 Å². The number of nitrogens with one attached hydrogen (secondary N) is 1. The van der Waals surface area contributed by atoms with Crippen LogP contribution < -0.4 is 9.57 Å². The quantitative estimate of drug-likeness (QED) is 0.658. The van der Waals surface area contributed by atoms with Gasteiger partial charge in [0.05, 0.1) is 12.1 Å². The molecule has 0 radical (unpaired) electrons. The number of nitrogens with zero attached hydrogens (tertiary/aromatic N) is 3. The van der Waals surface area contributed by atoms with Gasteiger partial charge in [-0.3, -0.25) is 0 Å². The maximum atomic E-state index is 9.44. The topological polar surface area (TPSA) is 80.2 Å². The maximum absolute atomic E-state index is 9.44. The summed E-state index contributed by atoms with van der Waals surface area (Å²) in [6, 6.07) is 12.2. The second-order valence-electron chi connectivity index (χ2n) is 5.14. The molecule has 0 unspecified atom stereocenters. The number of phenols is 1. The normalized spacial score (nSPS) is 10.7. The predicted molar refractivity (Wildman–Crippen MR) is 96.6 cm³/mol. The van der Waals surface area contributed by atoms with Crippen LogP contribution in [0.2, 0.25) is 5.02 Å². The summed E-state index contributed by atoms with van der Waals surface area (Å²) in [5, 5.41) is 9.95. The van der Waals surface area contributed by atoms with E-state index in [1.54, 1.807) is 30.3 Å². The Bertz CT molecular complexity index is 888. The fourth-order valence-corrected chi connectivity index (χ4v) is 2.60. The molecule has 0 bridgehead atoms. The van der Waals surface area contributed by atoms with Gasteiger partial charge < -0.3 is 9.84 Å². The van der Waals surface area contributed by atoms with Gasteiger partial charge in [0.2, 0.25) is 0 Å². The predicted octanol–water partition coefficient (Wildman–Crippen LogP) is 3.82. The Balaban J connectivity index is 2.12. The molecule has 0 saturated heterocycles. The van der Waals surface area contributed by atoms with E-state index < -0.39 is 0 Å². The van der Waals surface area contributed by atoms with E-state index in [1.807, 2.05) is 12.1 Å². The molecule has 128 valence electrons. The third-order valence-corrected chi connectivity index (χ3v) is 3.93. The van der Waals surface area contributed by atoms with Crippen molar-refractivity contribution >= 4 is 23.4 Å². The molecule has 0 aliphatic carbocycles. The van der Waals surface area contributed by atoms with Crippen molar-refractivity contribution in [3.8, 4) is 34.5 Å². The van der Waals surface area contributed by atoms with Gasteiger partial charge in [-0.1, -0.05) is 17.7 Å². The van der Waals surface area contributed by atoms with Gasteiger partial charge in [-0.15, -0.1) is 0 Å². The lowest BCUT2D eigenvalue weighted by Crippen LogP contribution is -2.02. The second-order valence-corrected chi connectivity index (χ2v) is 5.82. The Hall–Kier alpha value is -2.41. The Morgan fingerprint density at radius 2 is 1.76 bits per heavy atom. The minimum Gasteiger partial charge on any atom is -0.508 e. The zero-order chi connectivity index (χ0) is 17.8. The third kappa shape index (κ3) is 3.99. The Morgan fingerprint density at radius 3 is 2.44 bits per heavy atom. The van der Waals surface area contributed by atoms with Crippen molar-refractivity contribution in [1.29, 1.82) is 0 Å². The standard InChI is InChI=1S/C17H14Cl2N4O2/c1-25-17-22-15(11-3-5-12(24)6-4-11)21-16(23-17)13-8-10(9-20-19)2-7-14(13)18/h2-8,20,24H,9H2,1H3. The van der Waals surface area contributed by atoms with E-state index in [9.17, 15) is 5.11 Å². The minimum atomic E-state index is 0.161. The molecule has 25 heavy (non-hydrogen) atoms. The second kappa shape index (κ2) is 7.65. The summed E-state index contributed by atoms with van der Waals surface area (Å²) >= 11 is 11.9. The number of hydrogen-bond acceptors (Lipinski definition) is 6. The van der Waals surface area contributed by atoms with Gasteiger partial charge in [-0.2, -0.15) is 9.97 Å². The van der Waals surface area contributed by atoms with Gasteiger partial charge in [-0.05, 0) is 53.7 Å². The molecule has 0 aliphatic rings. The molecule has 0 spiro atoms. The summed E-state index contributed by atoms with van der Waals surface area (Å²) in [4.78, 5) is 15.6. The summed E-state index contributed by atoms with van der Waals surface area (Å²) in [5.74, 6) is 0.962. The van der Waals surface area contributed by atoms with E-state index in [1.165, 1.54) is 7.11 Å². The molecule has 2 N–H and O–H groups in total. The lowest BCUT2D eigenvalue weighted by molar-refractivity contribution is 0.379. The molecule has 3 rings (SSSR count). The summed E-state index contributed by atoms with van der Waals surface area (Å²) in [6.07, 6.45) is 0. The van der Waals surface area contributed by atoms with E-state index in [0.29, 0.717) is 28.8 Å². The van der Waals surface area contributed by atoms with Crippen LogP contribution in [0.15, 0.2) is 42.5 Å². The molecule has 0 saturated carbocycles. The van der Waals surface area contributed by atoms with Gasteiger partial charge >= 0.3 is 6.01 Å². The zero-order valence-corrected chi connectivity index (χ0v) is 14.7. The molecular weight excluding hydrogens is 363 g/mol. The van der Waals surface area contributed by atoms with Crippen LogP contribution in [0.4, 0.5) is 0 Å². The number of phenolic OH excluding ortho intramolecular Hbond substituents is 1. The first-order valence-corrected chi connectivity index (χ1v) is 8.08. The number of hydrogen-bond donors (Lipinski definition) is 2. The SMILES string of the molecule is COc1nc(-c2ccc(O)cc2)nc(-c2cc(CNCl)ccc2Cl)n1. The summed E-state index contributed by atoms with van der Waals surface area (Å²) in [6.45, 7) is 0.471. The van der Waals surface area contributed by atoms with E-state index in [4.69, 9.17) is 28.1 Å². The van der Waals surface area contributed by atoms with E-state index in [-0.39, 0.29) is 11.8 Å². The lowest BCUT2D eigenvalue weighted by Gasteiger charge is -2.09. The highest BCUT2D eigenvalue weighted by molar-refractivity contribution is 6.33. The molecule has 6 nitrogen and oxygen atoms in total. The average Bonchev–Trinajstić information content (AvgIpc) is 2.63. The maximum Gasteiger partial charge on any atom is 0.320 e. The number of aromatic hydroxyl groups is 1. The van der Waals surface area contributed by atoms with Gasteiger partial charge in [0.1, 0.15) is 5.75 Å². The van der Waals surface area contributed by atoms with E-state index in [0.717, 1.165) is 11.1 Å². The van der Waals surface area contributed by atoms with E-state index >= 15 is 0 Å². The van der Waals surface area contributed by atoms with Gasteiger partial charge in [0.25, 0.3) is 0 Å². The largest absolute Gasteiger partial charge is 0.508 e. The first-order valence-electron chi connectivity index (χ1n) is 7.32. The highest BCUT2D eigenvalue weighted by atomic mass is 35.5. The van der Waals surface area contributed by atoms with Crippen molar-refractivity contribution in [3.63, 3.8) is 0 Å². The molecule has 0 aliphatic heterocycles. The fourth-order valence-electron chi connectivity index (χ4n) is 2.24. The summed E-state index contributed by atoms with van der Waals surface area (Å²) in [7, 11) is 1.48. The lowest BCUT2D eigenvalue weighted by atomic mass is 10.1. The Kier molecular flexibility index (Phi) is 5.33. The molecule has 0 fully saturated rings. The van der Waals surface area contributed by atoms with Crippen LogP contribution in [0, 0.1) is 0 Å². The number of ether oxygens (including phenoxy) is 1. The molecule has 3 aromatic rings. The number of methoxy groups -OCH3 is 1. The summed E-state index contributed by atoms with van der Waals surface area (Å²) in [5.41, 5.74) is 2.29. The summed E-state index contributed by atoms with van der Waals surface area (Å²) < 4.78 is 5.19. The fraction of sp³-hybridized carbons (Fsp3) is 0.118. The number of aromatic nitrogens is 3. The molecule has 0 amide bonds. The Morgan fingerprint density at radius 1 is 1.04 bits per heavy atom. The highest BCUT2D eigenvalue weighted by Crippen LogP contribution is 2.29. The first kappa shape index (κ1) is 17.4. The number of benzene rings is 2. The van der Waals surface area contributed by atoms with Crippen LogP contribution in [0.3, 0.4) is 0 Å². The smallest absolute Gasteiger partial charge is 0.320 e. The molecule has 2 aromatic carbocycles. The van der Waals surface area contributed by atoms with Crippen LogP contribution in [0.25, 0.3) is 22.8 Å². The first-order chi connectivity index (χ1) is 12.1. The third-order valence-electron chi connectivity index (χ3n) is 3.47. The highest BCUT2D eigenvalue weighted by Gasteiger charge is 2.14. The zero-order valence-electron chi connectivity index (χ0n) is 13.2. The van der Waals surface area contributed by atoms with Gasteiger partial charge in [0, 0.05) is 17.7 Å². The Labute approximate surface area is 154 Å². The van der Waals surface area contributed by atoms with Crippen LogP contribution in [0.1, 0.15) is 5.56 Å². The molecule has 1 aromatic heterocycles. The minimum absolute atomic E-state index is 0.161. The van der Waals surface area contributed by atoms with Crippen molar-refractivity contribution < 1.29 is 9.84 Å². The van der Waals surface area contributed by atoms with Crippen molar-refractivity contribution in [2.45, 2.75) is 6.54 Å². The monoisotopic (exact) mass is 376 g/mol. The number of rotatable bonds is 5. The van der Waals surface area contributed by atoms with Crippen molar-refractivity contribution in [3.05, 3.63) is 53.1 Å². The number of halogens is 2. The average molecular weight is 377 g/mol. The molecule has 0 atom stereocenters. The van der Waals surface area contributed by atoms with E-state index in [2.05, 4.69) is 19.8 Å². The van der Waals surface area contributed by atoms with Crippen molar-refractivity contribution in [2.75, 3.05) is 7.11 Å². The van der Waals surface area contributed by atoms with Crippen LogP contribution in [0.5, 0.6) is 11.8 Å². The van der Waals surface area contributed by atoms with Crippen LogP contribution in [-0.2, 0) is 6.54 Å². The van der Waals surface area contributed by atoms with Gasteiger partial charge in [-0.25, -0.2) is 9.82 Å².